The standard InChI is InChI=1S/C4H13NO8P2/c6-14(7,8)12-3-1-5-2-4-13-15(9,10)11/h5H,1-4H2,(H2,6,7,8)(H2,9,10,11). The van der Waals surface area contributed by atoms with Crippen LogP contribution in [0.1, 0.15) is 0 Å². The minimum atomic E-state index is -4.44. The third-order valence-corrected chi connectivity index (χ3v) is 2.11. The molecule has 0 saturated carbocycles. The number of phosphoric ester groups is 2. The topological polar surface area (TPSA) is 146 Å². The van der Waals surface area contributed by atoms with Crippen LogP contribution in [-0.2, 0) is 18.2 Å². The van der Waals surface area contributed by atoms with Crippen molar-refractivity contribution >= 4 is 15.6 Å². The second-order valence-corrected chi connectivity index (χ2v) is 4.88. The highest BCUT2D eigenvalue weighted by Gasteiger charge is 2.13. The van der Waals surface area contributed by atoms with Crippen molar-refractivity contribution in [1.82, 2.24) is 5.32 Å². The van der Waals surface area contributed by atoms with E-state index < -0.39 is 15.6 Å². The first-order chi connectivity index (χ1) is 6.71. The van der Waals surface area contributed by atoms with Gasteiger partial charge in [-0.05, 0) is 0 Å². The largest absolute Gasteiger partial charge is 0.469 e. The Morgan fingerprint density at radius 1 is 0.867 bits per heavy atom. The summed E-state index contributed by atoms with van der Waals surface area (Å²) in [5.41, 5.74) is 0. The van der Waals surface area contributed by atoms with Gasteiger partial charge in [-0.3, -0.25) is 9.05 Å². The molecular formula is C4H13NO8P2. The maximum atomic E-state index is 10.2. The Labute approximate surface area is 85.9 Å². The Morgan fingerprint density at radius 2 is 1.20 bits per heavy atom. The normalized spacial score (nSPS) is 13.1. The first kappa shape index (κ1) is 15.2. The molecule has 0 amide bonds. The van der Waals surface area contributed by atoms with Crippen LogP contribution in [0.2, 0.25) is 0 Å². The average molecular weight is 265 g/mol. The molecule has 0 spiro atoms. The Morgan fingerprint density at radius 3 is 1.47 bits per heavy atom. The van der Waals surface area contributed by atoms with Crippen molar-refractivity contribution in [3.8, 4) is 0 Å². The molecule has 0 saturated heterocycles. The molecule has 0 unspecified atom stereocenters. The van der Waals surface area contributed by atoms with Gasteiger partial charge in [0, 0.05) is 13.1 Å². The van der Waals surface area contributed by atoms with E-state index in [0.717, 1.165) is 0 Å². The second kappa shape index (κ2) is 6.70. The SMILES string of the molecule is O=P(O)(O)OCCNCCOP(=O)(O)O. The highest BCUT2D eigenvalue weighted by molar-refractivity contribution is 7.46. The smallest absolute Gasteiger partial charge is 0.312 e. The molecule has 9 nitrogen and oxygen atoms in total. The molecule has 0 aromatic heterocycles. The molecular weight excluding hydrogens is 252 g/mol. The first-order valence-electron chi connectivity index (χ1n) is 3.81. The Bertz CT molecular complexity index is 231. The van der Waals surface area contributed by atoms with Gasteiger partial charge in [0.1, 0.15) is 0 Å². The molecule has 0 radical (unpaired) electrons. The zero-order valence-electron chi connectivity index (χ0n) is 7.64. The maximum Gasteiger partial charge on any atom is 0.469 e. The summed E-state index contributed by atoms with van der Waals surface area (Å²) in [6.07, 6.45) is 0. The van der Waals surface area contributed by atoms with Crippen LogP contribution in [0, 0.1) is 0 Å². The van der Waals surface area contributed by atoms with Crippen LogP contribution in [0.3, 0.4) is 0 Å². The second-order valence-electron chi connectivity index (χ2n) is 2.40. The molecule has 0 aliphatic carbocycles. The van der Waals surface area contributed by atoms with E-state index in [2.05, 4.69) is 14.4 Å². The van der Waals surface area contributed by atoms with E-state index in [-0.39, 0.29) is 26.3 Å². The van der Waals surface area contributed by atoms with E-state index in [0.29, 0.717) is 0 Å². The molecule has 0 rings (SSSR count). The monoisotopic (exact) mass is 265 g/mol. The molecule has 11 heteroatoms. The average Bonchev–Trinajstić information content (AvgIpc) is 1.98. The van der Waals surface area contributed by atoms with Gasteiger partial charge in [-0.25, -0.2) is 9.13 Å². The van der Waals surface area contributed by atoms with Gasteiger partial charge in [0.15, 0.2) is 0 Å². The van der Waals surface area contributed by atoms with Gasteiger partial charge >= 0.3 is 15.6 Å². The summed E-state index contributed by atoms with van der Waals surface area (Å²) in [7, 11) is -8.89. The van der Waals surface area contributed by atoms with Gasteiger partial charge in [0.2, 0.25) is 0 Å². The molecule has 0 aliphatic heterocycles. The number of hydrogen-bond acceptors (Lipinski definition) is 5. The third kappa shape index (κ3) is 14.2. The van der Waals surface area contributed by atoms with Crippen molar-refractivity contribution in [3.05, 3.63) is 0 Å². The molecule has 0 aromatic rings. The number of nitrogens with one attached hydrogen (secondary N) is 1. The van der Waals surface area contributed by atoms with Gasteiger partial charge in [-0.1, -0.05) is 0 Å². The Hall–Kier alpha value is 0.180. The minimum Gasteiger partial charge on any atom is -0.312 e. The fraction of sp³-hybridized carbons (Fsp3) is 1.00. The van der Waals surface area contributed by atoms with Crippen molar-refractivity contribution in [2.45, 2.75) is 0 Å². The highest BCUT2D eigenvalue weighted by Crippen LogP contribution is 2.35. The number of phosphoric acid groups is 2. The first-order valence-corrected chi connectivity index (χ1v) is 6.88. The lowest BCUT2D eigenvalue weighted by Crippen LogP contribution is -2.23. The van der Waals surface area contributed by atoms with Gasteiger partial charge in [0.25, 0.3) is 0 Å². The predicted molar refractivity (Wildman–Crippen MR) is 48.9 cm³/mol. The van der Waals surface area contributed by atoms with Crippen LogP contribution in [0.5, 0.6) is 0 Å². The van der Waals surface area contributed by atoms with Gasteiger partial charge in [-0.2, -0.15) is 0 Å². The summed E-state index contributed by atoms with van der Waals surface area (Å²) >= 11 is 0. The zero-order valence-corrected chi connectivity index (χ0v) is 9.43. The van der Waals surface area contributed by atoms with E-state index in [1.54, 1.807) is 0 Å². The van der Waals surface area contributed by atoms with Crippen LogP contribution in [-0.4, -0.2) is 45.9 Å². The summed E-state index contributed by atoms with van der Waals surface area (Å²) < 4.78 is 28.5. The van der Waals surface area contributed by atoms with Crippen LogP contribution >= 0.6 is 15.6 Å². The maximum absolute atomic E-state index is 10.2. The molecule has 5 N–H and O–H groups in total. The van der Waals surface area contributed by atoms with Gasteiger partial charge < -0.3 is 24.9 Å². The van der Waals surface area contributed by atoms with Crippen molar-refractivity contribution in [3.63, 3.8) is 0 Å². The fourth-order valence-corrected chi connectivity index (χ4v) is 1.26. The van der Waals surface area contributed by atoms with Crippen LogP contribution < -0.4 is 5.32 Å². The summed E-state index contributed by atoms with van der Waals surface area (Å²) in [6.45, 7) is -0.147. The zero-order chi connectivity index (χ0) is 11.9. The lowest BCUT2D eigenvalue weighted by Gasteiger charge is -2.07. The van der Waals surface area contributed by atoms with E-state index in [1.165, 1.54) is 0 Å². The molecule has 0 aliphatic rings. The molecule has 0 fully saturated rings. The molecule has 92 valence electrons. The van der Waals surface area contributed by atoms with E-state index in [4.69, 9.17) is 19.6 Å². The lowest BCUT2D eigenvalue weighted by molar-refractivity contribution is 0.188. The Balaban J connectivity index is 3.27. The molecule has 0 atom stereocenters. The van der Waals surface area contributed by atoms with Crippen molar-refractivity contribution in [2.24, 2.45) is 0 Å². The summed E-state index contributed by atoms with van der Waals surface area (Å²) in [5.74, 6) is 0. The molecule has 0 aromatic carbocycles. The Kier molecular flexibility index (Phi) is 6.78. The van der Waals surface area contributed by atoms with Crippen LogP contribution in [0.4, 0.5) is 0 Å². The van der Waals surface area contributed by atoms with Crippen molar-refractivity contribution in [2.75, 3.05) is 26.3 Å². The number of rotatable bonds is 8. The van der Waals surface area contributed by atoms with Crippen LogP contribution in [0.15, 0.2) is 0 Å². The van der Waals surface area contributed by atoms with E-state index in [9.17, 15) is 9.13 Å². The van der Waals surface area contributed by atoms with Gasteiger partial charge in [0.05, 0.1) is 13.2 Å². The van der Waals surface area contributed by atoms with Crippen LogP contribution in [0.25, 0.3) is 0 Å². The van der Waals surface area contributed by atoms with Crippen molar-refractivity contribution in [1.29, 1.82) is 0 Å². The summed E-state index contributed by atoms with van der Waals surface area (Å²) in [5, 5.41) is 2.59. The predicted octanol–water partition coefficient (Wildman–Crippen LogP) is -1.21. The highest BCUT2D eigenvalue weighted by atomic mass is 31.2. The molecule has 0 heterocycles. The molecule has 0 bridgehead atoms. The lowest BCUT2D eigenvalue weighted by atomic mass is 10.6. The van der Waals surface area contributed by atoms with Gasteiger partial charge in [-0.15, -0.1) is 0 Å². The molecule has 15 heavy (non-hydrogen) atoms. The minimum absolute atomic E-state index is 0.135. The quantitative estimate of drug-likeness (QED) is 0.269. The fourth-order valence-electron chi connectivity index (χ4n) is 0.598. The van der Waals surface area contributed by atoms with E-state index in [1.807, 2.05) is 0 Å². The number of hydrogen-bond donors (Lipinski definition) is 5. The third-order valence-electron chi connectivity index (χ3n) is 1.08. The van der Waals surface area contributed by atoms with Crippen molar-refractivity contribution < 1.29 is 37.8 Å². The summed E-state index contributed by atoms with van der Waals surface area (Å²) in [4.78, 5) is 33.0. The van der Waals surface area contributed by atoms with E-state index >= 15 is 0 Å². The summed E-state index contributed by atoms with van der Waals surface area (Å²) in [6, 6.07) is 0.